The second-order valence-electron chi connectivity index (χ2n) is 3.96. The molecule has 2 unspecified atom stereocenters. The van der Waals surface area contributed by atoms with Crippen LogP contribution in [0, 0.1) is 0 Å². The third-order valence-corrected chi connectivity index (χ3v) is 2.46. The van der Waals surface area contributed by atoms with Crippen LogP contribution in [-0.4, -0.2) is 42.7 Å². The maximum absolute atomic E-state index is 11.6. The molecule has 0 bridgehead atoms. The zero-order valence-corrected chi connectivity index (χ0v) is 11.4. The second kappa shape index (κ2) is 8.05. The monoisotopic (exact) mass is 262 g/mol. The van der Waals surface area contributed by atoms with Crippen molar-refractivity contribution in [3.8, 4) is 0 Å². The lowest BCUT2D eigenvalue weighted by Gasteiger charge is -2.23. The van der Waals surface area contributed by atoms with Gasteiger partial charge < -0.3 is 19.3 Å². The first kappa shape index (κ1) is 16.9. The molecule has 0 aliphatic heterocycles. The van der Waals surface area contributed by atoms with E-state index in [1.807, 2.05) is 13.8 Å². The van der Waals surface area contributed by atoms with Gasteiger partial charge in [-0.3, -0.25) is 0 Å². The number of hydrogen-bond acceptors (Lipinski definition) is 6. The van der Waals surface area contributed by atoms with E-state index in [2.05, 4.69) is 4.74 Å². The van der Waals surface area contributed by atoms with Gasteiger partial charge in [-0.2, -0.15) is 0 Å². The number of aliphatic hydroxyl groups is 1. The molecule has 1 N–H and O–H groups in total. The molecule has 0 rings (SSSR count). The van der Waals surface area contributed by atoms with Gasteiger partial charge in [-0.1, -0.05) is 20.3 Å². The van der Waals surface area contributed by atoms with E-state index < -0.39 is 23.8 Å². The van der Waals surface area contributed by atoms with Crippen LogP contribution in [-0.2, 0) is 23.8 Å². The Balaban J connectivity index is 4.57. The van der Waals surface area contributed by atoms with Crippen LogP contribution >= 0.6 is 0 Å². The van der Waals surface area contributed by atoms with Crippen molar-refractivity contribution in [2.75, 3.05) is 13.7 Å². The van der Waals surface area contributed by atoms with Crippen LogP contribution in [0.5, 0.6) is 0 Å². The Morgan fingerprint density at radius 2 is 1.89 bits per heavy atom. The fourth-order valence-electron chi connectivity index (χ4n) is 1.00. The third kappa shape index (κ3) is 4.62. The molecule has 0 radical (unpaired) electrons. The topological polar surface area (TPSA) is 82.1 Å². The number of methoxy groups -OCH3 is 1. The molecule has 0 aromatic carbocycles. The normalized spacial score (nSPS) is 15.6. The Morgan fingerprint density at radius 3 is 2.33 bits per heavy atom. The van der Waals surface area contributed by atoms with Crippen LogP contribution in [0.1, 0.15) is 40.0 Å². The minimum Gasteiger partial charge on any atom is -0.461 e. The molecule has 0 aliphatic carbocycles. The van der Waals surface area contributed by atoms with E-state index in [-0.39, 0.29) is 6.61 Å². The Morgan fingerprint density at radius 1 is 1.28 bits per heavy atom. The summed E-state index contributed by atoms with van der Waals surface area (Å²) in [4.78, 5) is 23.2. The van der Waals surface area contributed by atoms with Gasteiger partial charge in [0.1, 0.15) is 0 Å². The van der Waals surface area contributed by atoms with E-state index >= 15 is 0 Å². The molecular weight excluding hydrogens is 240 g/mol. The van der Waals surface area contributed by atoms with Crippen molar-refractivity contribution in [2.24, 2.45) is 0 Å². The average molecular weight is 262 g/mol. The van der Waals surface area contributed by atoms with Crippen molar-refractivity contribution in [1.29, 1.82) is 0 Å². The fraction of sp³-hybridized carbons (Fsp3) is 0.833. The average Bonchev–Trinajstić information content (AvgIpc) is 2.37. The number of hydrogen-bond donors (Lipinski definition) is 1. The zero-order valence-electron chi connectivity index (χ0n) is 11.4. The number of unbranched alkanes of at least 4 members (excludes halogenated alkanes) is 1. The Kier molecular flexibility index (Phi) is 7.54. The van der Waals surface area contributed by atoms with Gasteiger partial charge in [0, 0.05) is 7.11 Å². The lowest BCUT2D eigenvalue weighted by atomic mass is 10.2. The summed E-state index contributed by atoms with van der Waals surface area (Å²) < 4.78 is 14.2. The van der Waals surface area contributed by atoms with E-state index in [9.17, 15) is 14.7 Å². The van der Waals surface area contributed by atoms with Gasteiger partial charge in [0.2, 0.25) is 0 Å². The number of carbonyl (C=O) groups is 2. The molecule has 0 amide bonds. The molecule has 0 aromatic rings. The first-order valence-corrected chi connectivity index (χ1v) is 6.08. The number of esters is 2. The zero-order chi connectivity index (χ0) is 14.2. The van der Waals surface area contributed by atoms with Crippen LogP contribution in [0.4, 0.5) is 0 Å². The summed E-state index contributed by atoms with van der Waals surface area (Å²) in [6.45, 7) is 5.50. The van der Waals surface area contributed by atoms with E-state index in [0.29, 0.717) is 12.8 Å². The van der Waals surface area contributed by atoms with Crippen LogP contribution < -0.4 is 0 Å². The number of carbonyl (C=O) groups excluding carboxylic acids is 2. The van der Waals surface area contributed by atoms with Crippen LogP contribution in [0.2, 0.25) is 0 Å². The van der Waals surface area contributed by atoms with Crippen molar-refractivity contribution in [3.05, 3.63) is 0 Å². The van der Waals surface area contributed by atoms with Gasteiger partial charge in [0.25, 0.3) is 0 Å². The largest absolute Gasteiger partial charge is 0.461 e. The number of ether oxygens (including phenoxy) is 3. The summed E-state index contributed by atoms with van der Waals surface area (Å²) in [6.07, 6.45) is 1.63. The van der Waals surface area contributed by atoms with Gasteiger partial charge in [-0.05, 0) is 19.8 Å². The molecule has 6 heteroatoms. The Hall–Kier alpha value is -1.14. The van der Waals surface area contributed by atoms with Crippen molar-refractivity contribution in [1.82, 2.24) is 0 Å². The first-order valence-electron chi connectivity index (χ1n) is 6.08. The summed E-state index contributed by atoms with van der Waals surface area (Å²) in [6, 6.07) is 0. The predicted octanol–water partition coefficient (Wildman–Crippen LogP) is 1.01. The summed E-state index contributed by atoms with van der Waals surface area (Å²) >= 11 is 0. The SMILES string of the molecule is CCCCOC(=O)C(O)(OC)C(=O)OC(C)CC. The van der Waals surface area contributed by atoms with E-state index in [4.69, 9.17) is 9.47 Å². The Labute approximate surface area is 107 Å². The molecule has 0 aliphatic rings. The maximum atomic E-state index is 11.6. The quantitative estimate of drug-likeness (QED) is 0.304. The highest BCUT2D eigenvalue weighted by Gasteiger charge is 2.49. The third-order valence-electron chi connectivity index (χ3n) is 2.46. The highest BCUT2D eigenvalue weighted by Crippen LogP contribution is 2.14. The first-order chi connectivity index (χ1) is 8.42. The molecule has 0 saturated heterocycles. The maximum Gasteiger partial charge on any atom is 0.379 e. The number of rotatable bonds is 8. The predicted molar refractivity (Wildman–Crippen MR) is 63.7 cm³/mol. The van der Waals surface area contributed by atoms with Crippen molar-refractivity contribution in [3.63, 3.8) is 0 Å². The van der Waals surface area contributed by atoms with E-state index in [1.165, 1.54) is 0 Å². The van der Waals surface area contributed by atoms with E-state index in [0.717, 1.165) is 13.5 Å². The van der Waals surface area contributed by atoms with Crippen LogP contribution in [0.15, 0.2) is 0 Å². The standard InChI is InChI=1S/C12H22O6/c1-5-7-8-17-10(13)12(15,16-4)11(14)18-9(3)6-2/h9,15H,5-8H2,1-4H3. The summed E-state index contributed by atoms with van der Waals surface area (Å²) in [5, 5.41) is 9.83. The van der Waals surface area contributed by atoms with Gasteiger partial charge in [-0.25, -0.2) is 9.59 Å². The molecule has 106 valence electrons. The minimum atomic E-state index is -2.68. The van der Waals surface area contributed by atoms with Gasteiger partial charge in [0.15, 0.2) is 0 Å². The molecule has 2 atom stereocenters. The molecule has 6 nitrogen and oxygen atoms in total. The van der Waals surface area contributed by atoms with Crippen molar-refractivity contribution >= 4 is 11.9 Å². The lowest BCUT2D eigenvalue weighted by Crippen LogP contribution is -2.51. The van der Waals surface area contributed by atoms with E-state index in [1.54, 1.807) is 6.92 Å². The van der Waals surface area contributed by atoms with Crippen LogP contribution in [0.3, 0.4) is 0 Å². The molecule has 0 aromatic heterocycles. The minimum absolute atomic E-state index is 0.123. The van der Waals surface area contributed by atoms with Crippen LogP contribution in [0.25, 0.3) is 0 Å². The second-order valence-corrected chi connectivity index (χ2v) is 3.96. The van der Waals surface area contributed by atoms with Gasteiger partial charge in [-0.15, -0.1) is 0 Å². The van der Waals surface area contributed by atoms with Gasteiger partial charge in [0.05, 0.1) is 12.7 Å². The summed E-state index contributed by atoms with van der Waals surface area (Å²) in [5.41, 5.74) is 0. The van der Waals surface area contributed by atoms with Crippen molar-refractivity contribution < 1.29 is 28.9 Å². The lowest BCUT2D eigenvalue weighted by molar-refractivity contribution is -0.234. The fourth-order valence-corrected chi connectivity index (χ4v) is 1.00. The summed E-state index contributed by atoms with van der Waals surface area (Å²) in [7, 11) is 1.04. The molecule has 0 saturated carbocycles. The Bertz CT molecular complexity index is 278. The molecule has 18 heavy (non-hydrogen) atoms. The molecule has 0 heterocycles. The highest BCUT2D eigenvalue weighted by molar-refractivity contribution is 6.01. The molecule has 0 fully saturated rings. The molecule has 0 spiro atoms. The van der Waals surface area contributed by atoms with Gasteiger partial charge >= 0.3 is 17.7 Å². The highest BCUT2D eigenvalue weighted by atomic mass is 16.7. The van der Waals surface area contributed by atoms with Crippen molar-refractivity contribution in [2.45, 2.75) is 51.9 Å². The smallest absolute Gasteiger partial charge is 0.379 e. The molecular formula is C12H22O6. The summed E-state index contributed by atoms with van der Waals surface area (Å²) in [5.74, 6) is -4.98.